The van der Waals surface area contributed by atoms with Gasteiger partial charge in [-0.2, -0.15) is 0 Å². The Bertz CT molecular complexity index is 1220. The van der Waals surface area contributed by atoms with Crippen LogP contribution in [0.25, 0.3) is 0 Å². The highest BCUT2D eigenvalue weighted by Crippen LogP contribution is 2.40. The molecule has 0 bridgehead atoms. The van der Waals surface area contributed by atoms with Gasteiger partial charge >= 0.3 is 0 Å². The number of hydrogen-bond donors (Lipinski definition) is 1. The van der Waals surface area contributed by atoms with E-state index in [1.807, 2.05) is 102 Å². The smallest absolute Gasteiger partial charge is 0.256 e. The minimum Gasteiger partial charge on any atom is -0.489 e. The Hall–Kier alpha value is -4.05. The van der Waals surface area contributed by atoms with Gasteiger partial charge in [-0.1, -0.05) is 78.9 Å². The Morgan fingerprint density at radius 3 is 2.18 bits per heavy atom. The van der Waals surface area contributed by atoms with E-state index in [9.17, 15) is 4.79 Å². The van der Waals surface area contributed by atoms with Crippen molar-refractivity contribution in [1.82, 2.24) is 4.90 Å². The molecule has 0 aliphatic carbocycles. The Balaban J connectivity index is 1.36. The second-order valence-corrected chi connectivity index (χ2v) is 8.23. The number of carbonyl (C=O) groups excluding carboxylic acids is 1. The second-order valence-electron chi connectivity index (χ2n) is 8.23. The van der Waals surface area contributed by atoms with Crippen molar-refractivity contribution in [2.45, 2.75) is 25.7 Å². The fourth-order valence-corrected chi connectivity index (χ4v) is 4.32. The van der Waals surface area contributed by atoms with Crippen molar-refractivity contribution in [3.05, 3.63) is 131 Å². The number of rotatable bonds is 7. The number of hydrogen-bond acceptors (Lipinski definition) is 3. The van der Waals surface area contributed by atoms with E-state index in [0.29, 0.717) is 6.61 Å². The molecule has 0 spiro atoms. The summed E-state index contributed by atoms with van der Waals surface area (Å²) in [6, 6.07) is 35.9. The average Bonchev–Trinajstić information content (AvgIpc) is 3.15. The van der Waals surface area contributed by atoms with E-state index in [4.69, 9.17) is 4.74 Å². The Morgan fingerprint density at radius 2 is 1.45 bits per heavy atom. The Kier molecular flexibility index (Phi) is 5.81. The van der Waals surface area contributed by atoms with Gasteiger partial charge < -0.3 is 15.0 Å². The zero-order valence-corrected chi connectivity index (χ0v) is 18.5. The molecule has 0 aromatic heterocycles. The van der Waals surface area contributed by atoms with E-state index >= 15 is 0 Å². The van der Waals surface area contributed by atoms with Crippen LogP contribution in [-0.2, 0) is 6.61 Å². The summed E-state index contributed by atoms with van der Waals surface area (Å²) in [5, 5.41) is 3.58. The quantitative estimate of drug-likeness (QED) is 0.357. The molecule has 0 fully saturated rings. The minimum atomic E-state index is -0.250. The SMILES string of the molecule is C[C@H](c1ccccc1)N1C(=O)c2ccccc2[C@@H]1Nc1ccc(OCc2ccccc2)cc1. The lowest BCUT2D eigenvalue weighted by molar-refractivity contribution is 0.0667. The standard InChI is InChI=1S/C29H26N2O2/c1-21(23-12-6-3-7-13-23)31-28(26-14-8-9-15-27(26)29(31)32)30-24-16-18-25(19-17-24)33-20-22-10-4-2-5-11-22/h2-19,21,28,30H,20H2,1H3/t21-,28-/m1/s1. The highest BCUT2D eigenvalue weighted by atomic mass is 16.5. The first kappa shape index (κ1) is 20.8. The fourth-order valence-electron chi connectivity index (χ4n) is 4.32. The third-order valence-electron chi connectivity index (χ3n) is 6.10. The summed E-state index contributed by atoms with van der Waals surface area (Å²) in [6.45, 7) is 2.61. The van der Waals surface area contributed by atoms with Crippen LogP contribution in [0.4, 0.5) is 5.69 Å². The summed E-state index contributed by atoms with van der Waals surface area (Å²) < 4.78 is 5.92. The van der Waals surface area contributed by atoms with Crippen LogP contribution in [0, 0.1) is 0 Å². The van der Waals surface area contributed by atoms with Gasteiger partial charge in [-0.05, 0) is 48.4 Å². The molecule has 4 aromatic rings. The monoisotopic (exact) mass is 434 g/mol. The molecule has 164 valence electrons. The van der Waals surface area contributed by atoms with Crippen LogP contribution in [-0.4, -0.2) is 10.8 Å². The first-order valence-electron chi connectivity index (χ1n) is 11.2. The molecule has 5 rings (SSSR count). The van der Waals surface area contributed by atoms with Crippen molar-refractivity contribution in [3.8, 4) is 5.75 Å². The largest absolute Gasteiger partial charge is 0.489 e. The lowest BCUT2D eigenvalue weighted by Gasteiger charge is -2.32. The van der Waals surface area contributed by atoms with E-state index in [1.165, 1.54) is 0 Å². The van der Waals surface area contributed by atoms with Gasteiger partial charge in [0, 0.05) is 16.8 Å². The zero-order chi connectivity index (χ0) is 22.6. The Morgan fingerprint density at radius 1 is 0.818 bits per heavy atom. The molecule has 4 nitrogen and oxygen atoms in total. The van der Waals surface area contributed by atoms with Gasteiger partial charge in [0.05, 0.1) is 6.04 Å². The van der Waals surface area contributed by atoms with Crippen molar-refractivity contribution in [2.24, 2.45) is 0 Å². The molecular formula is C29H26N2O2. The molecule has 1 aliphatic heterocycles. The molecule has 1 aliphatic rings. The molecule has 1 amide bonds. The van der Waals surface area contributed by atoms with E-state index in [0.717, 1.165) is 33.7 Å². The topological polar surface area (TPSA) is 41.6 Å². The summed E-state index contributed by atoms with van der Waals surface area (Å²) >= 11 is 0. The number of fused-ring (bicyclic) bond motifs is 1. The van der Waals surface area contributed by atoms with E-state index < -0.39 is 0 Å². The molecule has 0 radical (unpaired) electrons. The van der Waals surface area contributed by atoms with Crippen LogP contribution in [0.5, 0.6) is 5.75 Å². The van der Waals surface area contributed by atoms with Gasteiger partial charge in [0.1, 0.15) is 18.5 Å². The summed E-state index contributed by atoms with van der Waals surface area (Å²) in [4.78, 5) is 15.3. The molecule has 4 aromatic carbocycles. The summed E-state index contributed by atoms with van der Waals surface area (Å²) in [5.41, 5.74) is 4.92. The van der Waals surface area contributed by atoms with Crippen molar-refractivity contribution < 1.29 is 9.53 Å². The minimum absolute atomic E-state index is 0.0438. The zero-order valence-electron chi connectivity index (χ0n) is 18.5. The number of anilines is 1. The molecule has 1 N–H and O–H groups in total. The average molecular weight is 435 g/mol. The van der Waals surface area contributed by atoms with Gasteiger partial charge in [-0.15, -0.1) is 0 Å². The summed E-state index contributed by atoms with van der Waals surface area (Å²) in [7, 11) is 0. The van der Waals surface area contributed by atoms with Crippen molar-refractivity contribution >= 4 is 11.6 Å². The van der Waals surface area contributed by atoms with Crippen LogP contribution in [0.15, 0.2) is 109 Å². The molecule has 33 heavy (non-hydrogen) atoms. The van der Waals surface area contributed by atoms with Gasteiger partial charge in [-0.3, -0.25) is 4.79 Å². The molecular weight excluding hydrogens is 408 g/mol. The van der Waals surface area contributed by atoms with Crippen LogP contribution in [0.1, 0.15) is 46.2 Å². The normalized spacial score (nSPS) is 15.7. The van der Waals surface area contributed by atoms with Crippen LogP contribution >= 0.6 is 0 Å². The lowest BCUT2D eigenvalue weighted by Crippen LogP contribution is -2.34. The van der Waals surface area contributed by atoms with Crippen molar-refractivity contribution in [2.75, 3.05) is 5.32 Å². The van der Waals surface area contributed by atoms with E-state index in [2.05, 4.69) is 24.4 Å². The highest BCUT2D eigenvalue weighted by Gasteiger charge is 2.39. The van der Waals surface area contributed by atoms with Gasteiger partial charge in [0.25, 0.3) is 5.91 Å². The van der Waals surface area contributed by atoms with Crippen LogP contribution < -0.4 is 10.1 Å². The van der Waals surface area contributed by atoms with E-state index in [1.54, 1.807) is 0 Å². The number of carbonyl (C=O) groups is 1. The second kappa shape index (κ2) is 9.21. The number of amides is 1. The number of benzene rings is 4. The molecule has 0 unspecified atom stereocenters. The molecule has 1 heterocycles. The van der Waals surface area contributed by atoms with Gasteiger partial charge in [0.2, 0.25) is 0 Å². The molecule has 4 heteroatoms. The van der Waals surface area contributed by atoms with Crippen molar-refractivity contribution in [1.29, 1.82) is 0 Å². The first-order chi connectivity index (χ1) is 16.2. The molecule has 0 saturated heterocycles. The highest BCUT2D eigenvalue weighted by molar-refractivity contribution is 5.99. The number of ether oxygens (including phenoxy) is 1. The van der Waals surface area contributed by atoms with Crippen molar-refractivity contribution in [3.63, 3.8) is 0 Å². The third-order valence-corrected chi connectivity index (χ3v) is 6.10. The predicted molar refractivity (Wildman–Crippen MR) is 131 cm³/mol. The fraction of sp³-hybridized carbons (Fsp3) is 0.138. The summed E-state index contributed by atoms with van der Waals surface area (Å²) in [5.74, 6) is 0.851. The predicted octanol–water partition coefficient (Wildman–Crippen LogP) is 6.59. The Labute approximate surface area is 194 Å². The maximum absolute atomic E-state index is 13.4. The maximum atomic E-state index is 13.4. The summed E-state index contributed by atoms with van der Waals surface area (Å²) in [6.07, 6.45) is -0.250. The first-order valence-corrected chi connectivity index (χ1v) is 11.2. The lowest BCUT2D eigenvalue weighted by atomic mass is 10.1. The van der Waals surface area contributed by atoms with E-state index in [-0.39, 0.29) is 18.1 Å². The van der Waals surface area contributed by atoms with Gasteiger partial charge in [0.15, 0.2) is 0 Å². The molecule has 0 saturated carbocycles. The third kappa shape index (κ3) is 4.33. The number of nitrogens with one attached hydrogen (secondary N) is 1. The molecule has 2 atom stereocenters. The number of nitrogens with zero attached hydrogens (tertiary/aromatic N) is 1. The van der Waals surface area contributed by atoms with Gasteiger partial charge in [-0.25, -0.2) is 0 Å². The van der Waals surface area contributed by atoms with Crippen LogP contribution in [0.3, 0.4) is 0 Å². The maximum Gasteiger partial charge on any atom is 0.256 e. The van der Waals surface area contributed by atoms with Crippen LogP contribution in [0.2, 0.25) is 0 Å².